The lowest BCUT2D eigenvalue weighted by Gasteiger charge is -2.32. The SMILES string of the molecule is COC(=O)[C@@H]1C(=O)C2=C(C[C@H]1C)Nc1ccccc1N[C@@H]2c1cccc(OCc2ccccc2)c1. The fourth-order valence-corrected chi connectivity index (χ4v) is 4.91. The van der Waals surface area contributed by atoms with E-state index in [1.54, 1.807) is 0 Å². The number of para-hydroxylation sites is 2. The molecule has 1 aliphatic carbocycles. The summed E-state index contributed by atoms with van der Waals surface area (Å²) in [6.07, 6.45) is 0.567. The number of Topliss-reactive ketones (excluding diaryl/α,β-unsaturated/α-hetero) is 1. The molecule has 0 amide bonds. The fraction of sp³-hybridized carbons (Fsp3) is 0.241. The standard InChI is InChI=1S/C29H28N2O4/c1-18-15-24-26(28(32)25(18)29(33)34-2)27(31-23-14-7-6-13-22(23)30-24)20-11-8-12-21(16-20)35-17-19-9-4-3-5-10-19/h3-14,16,18,25,27,30-31H,15,17H2,1-2H3/t18-,25+,27-/m1/s1. The first kappa shape index (κ1) is 22.7. The number of methoxy groups -OCH3 is 1. The highest BCUT2D eigenvalue weighted by Crippen LogP contribution is 2.44. The van der Waals surface area contributed by atoms with Gasteiger partial charge in [0.25, 0.3) is 0 Å². The number of hydrogen-bond donors (Lipinski definition) is 2. The average molecular weight is 469 g/mol. The van der Waals surface area contributed by atoms with E-state index in [2.05, 4.69) is 10.6 Å². The molecule has 6 nitrogen and oxygen atoms in total. The number of carbonyl (C=O) groups excluding carboxylic acids is 2. The van der Waals surface area contributed by atoms with Crippen LogP contribution in [-0.2, 0) is 20.9 Å². The fourth-order valence-electron chi connectivity index (χ4n) is 4.91. The first-order valence-electron chi connectivity index (χ1n) is 11.8. The van der Waals surface area contributed by atoms with Crippen molar-refractivity contribution in [1.82, 2.24) is 0 Å². The Morgan fingerprint density at radius 3 is 2.49 bits per heavy atom. The molecule has 2 aliphatic rings. The highest BCUT2D eigenvalue weighted by atomic mass is 16.5. The second kappa shape index (κ2) is 9.66. The number of carbonyl (C=O) groups is 2. The van der Waals surface area contributed by atoms with Crippen molar-refractivity contribution >= 4 is 23.1 Å². The van der Waals surface area contributed by atoms with Gasteiger partial charge in [-0.05, 0) is 47.7 Å². The van der Waals surface area contributed by atoms with Gasteiger partial charge in [-0.15, -0.1) is 0 Å². The monoisotopic (exact) mass is 468 g/mol. The summed E-state index contributed by atoms with van der Waals surface area (Å²) in [6.45, 7) is 2.36. The molecule has 3 atom stereocenters. The molecule has 0 bridgehead atoms. The smallest absolute Gasteiger partial charge is 0.316 e. The van der Waals surface area contributed by atoms with E-state index >= 15 is 0 Å². The zero-order chi connectivity index (χ0) is 24.4. The van der Waals surface area contributed by atoms with Crippen LogP contribution in [-0.4, -0.2) is 18.9 Å². The highest BCUT2D eigenvalue weighted by molar-refractivity contribution is 6.11. The number of hydrogen-bond acceptors (Lipinski definition) is 6. The van der Waals surface area contributed by atoms with Gasteiger partial charge < -0.3 is 20.1 Å². The van der Waals surface area contributed by atoms with Crippen LogP contribution in [0.1, 0.15) is 30.5 Å². The number of nitrogens with one attached hydrogen (secondary N) is 2. The maximum atomic E-state index is 13.8. The third-order valence-corrected chi connectivity index (χ3v) is 6.66. The molecule has 0 saturated carbocycles. The van der Waals surface area contributed by atoms with Gasteiger partial charge >= 0.3 is 5.97 Å². The summed E-state index contributed by atoms with van der Waals surface area (Å²) in [5.41, 5.74) is 5.14. The molecule has 0 fully saturated rings. The van der Waals surface area contributed by atoms with Gasteiger partial charge in [0, 0.05) is 11.3 Å². The first-order valence-corrected chi connectivity index (χ1v) is 11.8. The molecule has 0 spiro atoms. The van der Waals surface area contributed by atoms with Crippen LogP contribution in [0, 0.1) is 11.8 Å². The Kier molecular flexibility index (Phi) is 6.27. The average Bonchev–Trinajstić information content (AvgIpc) is 3.05. The number of fused-ring (bicyclic) bond motifs is 1. The Bertz CT molecular complexity index is 1280. The largest absolute Gasteiger partial charge is 0.489 e. The van der Waals surface area contributed by atoms with Crippen molar-refractivity contribution in [2.75, 3.05) is 17.7 Å². The molecular weight excluding hydrogens is 440 g/mol. The zero-order valence-electron chi connectivity index (χ0n) is 19.8. The number of benzene rings is 3. The van der Waals surface area contributed by atoms with Crippen LogP contribution in [0.3, 0.4) is 0 Å². The van der Waals surface area contributed by atoms with Gasteiger partial charge in [-0.1, -0.05) is 61.5 Å². The lowest BCUT2D eigenvalue weighted by Crippen LogP contribution is -2.39. The molecular formula is C29H28N2O4. The minimum atomic E-state index is -0.830. The lowest BCUT2D eigenvalue weighted by atomic mass is 9.75. The molecule has 1 aliphatic heterocycles. The number of ketones is 1. The molecule has 3 aromatic carbocycles. The molecule has 5 rings (SSSR count). The molecule has 178 valence electrons. The van der Waals surface area contributed by atoms with Gasteiger partial charge in [0.2, 0.25) is 0 Å². The summed E-state index contributed by atoms with van der Waals surface area (Å²) in [6, 6.07) is 25.2. The Labute approximate surface area is 205 Å². The zero-order valence-corrected chi connectivity index (χ0v) is 19.8. The maximum absolute atomic E-state index is 13.8. The minimum absolute atomic E-state index is 0.173. The number of rotatable bonds is 5. The summed E-state index contributed by atoms with van der Waals surface area (Å²) < 4.78 is 11.1. The van der Waals surface area contributed by atoms with E-state index in [1.165, 1.54) is 7.11 Å². The summed E-state index contributed by atoms with van der Waals surface area (Å²) in [5, 5.41) is 7.02. The van der Waals surface area contributed by atoms with Gasteiger partial charge in [0.15, 0.2) is 5.78 Å². The van der Waals surface area contributed by atoms with Crippen molar-refractivity contribution in [2.24, 2.45) is 11.8 Å². The Morgan fingerprint density at radius 2 is 1.71 bits per heavy atom. The predicted molar refractivity (Wildman–Crippen MR) is 135 cm³/mol. The molecule has 0 aromatic heterocycles. The first-order chi connectivity index (χ1) is 17.0. The molecule has 0 unspecified atom stereocenters. The molecule has 0 radical (unpaired) electrons. The second-order valence-electron chi connectivity index (χ2n) is 9.03. The maximum Gasteiger partial charge on any atom is 0.316 e. The molecule has 2 N–H and O–H groups in total. The number of allylic oxidation sites excluding steroid dienone is 1. The van der Waals surface area contributed by atoms with E-state index < -0.39 is 17.9 Å². The number of anilines is 2. The normalized spacial score (nSPS) is 21.1. The van der Waals surface area contributed by atoms with Crippen molar-refractivity contribution in [3.05, 3.63) is 101 Å². The van der Waals surface area contributed by atoms with Crippen LogP contribution >= 0.6 is 0 Å². The van der Waals surface area contributed by atoms with Gasteiger partial charge in [-0.2, -0.15) is 0 Å². The topological polar surface area (TPSA) is 76.7 Å². The Morgan fingerprint density at radius 1 is 0.971 bits per heavy atom. The van der Waals surface area contributed by atoms with Crippen LogP contribution in [0.5, 0.6) is 5.75 Å². The summed E-state index contributed by atoms with van der Waals surface area (Å²) in [7, 11) is 1.33. The van der Waals surface area contributed by atoms with Gasteiger partial charge in [-0.3, -0.25) is 9.59 Å². The van der Waals surface area contributed by atoms with E-state index in [1.807, 2.05) is 85.8 Å². The van der Waals surface area contributed by atoms with Gasteiger partial charge in [0.1, 0.15) is 18.3 Å². The molecule has 6 heteroatoms. The summed E-state index contributed by atoms with van der Waals surface area (Å²) in [5.74, 6) is -0.994. The van der Waals surface area contributed by atoms with E-state index in [-0.39, 0.29) is 11.7 Å². The summed E-state index contributed by atoms with van der Waals surface area (Å²) >= 11 is 0. The van der Waals surface area contributed by atoms with E-state index in [4.69, 9.17) is 9.47 Å². The predicted octanol–water partition coefficient (Wildman–Crippen LogP) is 5.50. The Hall–Kier alpha value is -4.06. The molecule has 0 saturated heterocycles. The van der Waals surface area contributed by atoms with E-state index in [9.17, 15) is 9.59 Å². The summed E-state index contributed by atoms with van der Waals surface area (Å²) in [4.78, 5) is 26.3. The van der Waals surface area contributed by atoms with Crippen molar-refractivity contribution in [3.63, 3.8) is 0 Å². The quantitative estimate of drug-likeness (QED) is 0.381. The van der Waals surface area contributed by atoms with Crippen LogP contribution in [0.2, 0.25) is 0 Å². The molecule has 1 heterocycles. The minimum Gasteiger partial charge on any atom is -0.489 e. The third kappa shape index (κ3) is 4.52. The van der Waals surface area contributed by atoms with Crippen LogP contribution in [0.4, 0.5) is 11.4 Å². The Balaban J connectivity index is 1.54. The van der Waals surface area contributed by atoms with Crippen molar-refractivity contribution in [1.29, 1.82) is 0 Å². The second-order valence-corrected chi connectivity index (χ2v) is 9.03. The van der Waals surface area contributed by atoms with Gasteiger partial charge in [0.05, 0.1) is 24.5 Å². The van der Waals surface area contributed by atoms with Crippen LogP contribution < -0.4 is 15.4 Å². The molecule has 3 aromatic rings. The van der Waals surface area contributed by atoms with Crippen LogP contribution in [0.15, 0.2) is 90.1 Å². The lowest BCUT2D eigenvalue weighted by molar-refractivity contribution is -0.151. The number of esters is 1. The van der Waals surface area contributed by atoms with E-state index in [0.29, 0.717) is 24.4 Å². The molecule has 35 heavy (non-hydrogen) atoms. The van der Waals surface area contributed by atoms with Crippen molar-refractivity contribution < 1.29 is 19.1 Å². The highest BCUT2D eigenvalue weighted by Gasteiger charge is 2.44. The van der Waals surface area contributed by atoms with Crippen LogP contribution in [0.25, 0.3) is 0 Å². The number of ether oxygens (including phenoxy) is 2. The van der Waals surface area contributed by atoms with Gasteiger partial charge in [-0.25, -0.2) is 0 Å². The van der Waals surface area contributed by atoms with E-state index in [0.717, 1.165) is 28.2 Å². The van der Waals surface area contributed by atoms with Crippen molar-refractivity contribution in [3.8, 4) is 5.75 Å². The third-order valence-electron chi connectivity index (χ3n) is 6.66. The van der Waals surface area contributed by atoms with Crippen molar-refractivity contribution in [2.45, 2.75) is 26.0 Å².